The van der Waals surface area contributed by atoms with Crippen LogP contribution in [0.5, 0.6) is 11.5 Å². The summed E-state index contributed by atoms with van der Waals surface area (Å²) in [5.41, 5.74) is 11.7. The van der Waals surface area contributed by atoms with E-state index < -0.39 is 17.6 Å². The SMILES string of the molecule is CN1CCN(Cc2ccc(NNC(=O)/C=C/c3cc4c(cc3NCCCCCCN)OCO4)cc2C(F)(F)F)CC1. The number of carbonyl (C=O) groups excluding carboxylic acids is 1. The molecule has 0 radical (unpaired) electrons. The number of hydrazine groups is 1. The molecule has 41 heavy (non-hydrogen) atoms. The van der Waals surface area contributed by atoms with Crippen LogP contribution in [0.2, 0.25) is 0 Å². The lowest BCUT2D eigenvalue weighted by molar-refractivity contribution is -0.138. The third-order valence-electron chi connectivity index (χ3n) is 7.14. The molecule has 224 valence electrons. The van der Waals surface area contributed by atoms with Crippen LogP contribution in [-0.4, -0.2) is 68.8 Å². The smallest absolute Gasteiger partial charge is 0.416 e. The van der Waals surface area contributed by atoms with Crippen molar-refractivity contribution in [1.29, 1.82) is 0 Å². The topological polar surface area (TPSA) is 104 Å². The molecule has 1 amide bonds. The Hall–Kier alpha value is -3.48. The predicted molar refractivity (Wildman–Crippen MR) is 154 cm³/mol. The summed E-state index contributed by atoms with van der Waals surface area (Å²) in [6.45, 7) is 4.84. The number of rotatable bonds is 13. The molecule has 0 unspecified atom stereocenters. The van der Waals surface area contributed by atoms with E-state index in [0.717, 1.165) is 62.6 Å². The number of unbranched alkanes of at least 4 members (excludes halogenated alkanes) is 3. The molecule has 9 nitrogen and oxygen atoms in total. The number of nitrogens with two attached hydrogens (primary N) is 1. The van der Waals surface area contributed by atoms with Crippen LogP contribution in [0.15, 0.2) is 36.4 Å². The second-order valence-corrected chi connectivity index (χ2v) is 10.3. The first-order valence-electron chi connectivity index (χ1n) is 14.0. The average molecular weight is 577 g/mol. The quantitative estimate of drug-likeness (QED) is 0.159. The standard InChI is InChI=1S/C29H39F3N6O3/c1-37-12-14-38(15-13-37)19-22-6-8-23(17-24(22)29(30,31)32)35-36-28(39)9-7-21-16-26-27(41-20-40-26)18-25(21)34-11-5-3-2-4-10-33/h6-9,16-18,34-35H,2-5,10-15,19-20,33H2,1H3,(H,36,39)/b9-7+. The first kappa shape index (κ1) is 30.5. The van der Waals surface area contributed by atoms with E-state index in [2.05, 4.69) is 21.1 Å². The average Bonchev–Trinajstić information content (AvgIpc) is 3.41. The molecule has 0 bridgehead atoms. The maximum Gasteiger partial charge on any atom is 0.416 e. The molecule has 0 atom stereocenters. The number of likely N-dealkylation sites (N-methyl/N-ethyl adjacent to an activating group) is 1. The molecule has 0 spiro atoms. The second kappa shape index (κ2) is 14.4. The Morgan fingerprint density at radius 1 is 1.02 bits per heavy atom. The lowest BCUT2D eigenvalue weighted by Gasteiger charge is -2.33. The molecular formula is C29H39F3N6O3. The number of carbonyl (C=O) groups is 1. The fourth-order valence-electron chi connectivity index (χ4n) is 4.74. The van der Waals surface area contributed by atoms with Gasteiger partial charge in [0, 0.05) is 62.7 Å². The van der Waals surface area contributed by atoms with Crippen molar-refractivity contribution >= 4 is 23.4 Å². The number of alkyl halides is 3. The van der Waals surface area contributed by atoms with E-state index in [-0.39, 0.29) is 24.6 Å². The van der Waals surface area contributed by atoms with E-state index in [0.29, 0.717) is 31.1 Å². The van der Waals surface area contributed by atoms with Gasteiger partial charge in [0.05, 0.1) is 11.3 Å². The van der Waals surface area contributed by atoms with Crippen LogP contribution in [0.1, 0.15) is 42.4 Å². The molecule has 2 heterocycles. The number of anilines is 2. The fraction of sp³-hybridized carbons (Fsp3) is 0.483. The van der Waals surface area contributed by atoms with Crippen molar-refractivity contribution in [2.45, 2.75) is 38.4 Å². The second-order valence-electron chi connectivity index (χ2n) is 10.3. The summed E-state index contributed by atoms with van der Waals surface area (Å²) >= 11 is 0. The summed E-state index contributed by atoms with van der Waals surface area (Å²) in [4.78, 5) is 16.7. The van der Waals surface area contributed by atoms with Crippen molar-refractivity contribution in [2.75, 3.05) is 63.9 Å². The highest BCUT2D eigenvalue weighted by atomic mass is 19.4. The summed E-state index contributed by atoms with van der Waals surface area (Å²) in [5.74, 6) is 0.675. The molecule has 0 saturated carbocycles. The van der Waals surface area contributed by atoms with E-state index in [1.807, 2.05) is 18.0 Å². The molecule has 5 N–H and O–H groups in total. The van der Waals surface area contributed by atoms with Gasteiger partial charge < -0.3 is 25.4 Å². The Morgan fingerprint density at radius 3 is 2.49 bits per heavy atom. The van der Waals surface area contributed by atoms with Crippen molar-refractivity contribution in [3.63, 3.8) is 0 Å². The van der Waals surface area contributed by atoms with Crippen LogP contribution in [0.3, 0.4) is 0 Å². The summed E-state index contributed by atoms with van der Waals surface area (Å²) in [5, 5.41) is 3.38. The Labute approximate surface area is 238 Å². The molecule has 1 saturated heterocycles. The number of nitrogens with zero attached hydrogens (tertiary/aromatic N) is 2. The number of halogens is 3. The minimum absolute atomic E-state index is 0.125. The predicted octanol–water partition coefficient (Wildman–Crippen LogP) is 4.27. The molecule has 4 rings (SSSR count). The van der Waals surface area contributed by atoms with Crippen LogP contribution < -0.4 is 31.4 Å². The highest BCUT2D eigenvalue weighted by Gasteiger charge is 2.34. The van der Waals surface area contributed by atoms with Crippen LogP contribution in [0.4, 0.5) is 24.5 Å². The maximum atomic E-state index is 13.9. The van der Waals surface area contributed by atoms with Crippen LogP contribution in [0.25, 0.3) is 6.08 Å². The third-order valence-corrected chi connectivity index (χ3v) is 7.14. The van der Waals surface area contributed by atoms with E-state index in [9.17, 15) is 18.0 Å². The zero-order chi connectivity index (χ0) is 29.2. The van der Waals surface area contributed by atoms with Crippen molar-refractivity contribution < 1.29 is 27.4 Å². The molecule has 2 aromatic rings. The Morgan fingerprint density at radius 2 is 1.76 bits per heavy atom. The molecule has 0 aliphatic carbocycles. The molecular weight excluding hydrogens is 537 g/mol. The molecule has 2 aliphatic heterocycles. The van der Waals surface area contributed by atoms with E-state index in [4.69, 9.17) is 15.2 Å². The lowest BCUT2D eigenvalue weighted by atomic mass is 10.0. The van der Waals surface area contributed by atoms with Gasteiger partial charge in [-0.15, -0.1) is 0 Å². The van der Waals surface area contributed by atoms with E-state index in [1.165, 1.54) is 18.2 Å². The largest absolute Gasteiger partial charge is 0.454 e. The lowest BCUT2D eigenvalue weighted by Crippen LogP contribution is -2.44. The molecule has 1 fully saturated rings. The van der Waals surface area contributed by atoms with Gasteiger partial charge in [-0.1, -0.05) is 18.9 Å². The van der Waals surface area contributed by atoms with Gasteiger partial charge in [0.25, 0.3) is 5.91 Å². The van der Waals surface area contributed by atoms with Gasteiger partial charge in [0.1, 0.15) is 0 Å². The fourth-order valence-corrected chi connectivity index (χ4v) is 4.74. The maximum absolute atomic E-state index is 13.9. The van der Waals surface area contributed by atoms with Gasteiger partial charge >= 0.3 is 6.18 Å². The number of fused-ring (bicyclic) bond motifs is 1. The van der Waals surface area contributed by atoms with Crippen molar-refractivity contribution in [3.8, 4) is 11.5 Å². The van der Waals surface area contributed by atoms with Gasteiger partial charge in [0.2, 0.25) is 6.79 Å². The molecule has 2 aromatic carbocycles. The van der Waals surface area contributed by atoms with Gasteiger partial charge in [-0.3, -0.25) is 20.5 Å². The summed E-state index contributed by atoms with van der Waals surface area (Å²) in [6, 6.07) is 7.65. The van der Waals surface area contributed by atoms with E-state index >= 15 is 0 Å². The van der Waals surface area contributed by atoms with Gasteiger partial charge in [-0.2, -0.15) is 13.2 Å². The minimum atomic E-state index is -4.52. The van der Waals surface area contributed by atoms with Crippen molar-refractivity contribution in [3.05, 3.63) is 53.1 Å². The highest BCUT2D eigenvalue weighted by molar-refractivity contribution is 5.93. The number of hydrogen-bond acceptors (Lipinski definition) is 8. The Kier molecular flexibility index (Phi) is 10.7. The Balaban J connectivity index is 1.37. The summed E-state index contributed by atoms with van der Waals surface area (Å²) in [7, 11) is 2.00. The van der Waals surface area contributed by atoms with Crippen LogP contribution in [0, 0.1) is 0 Å². The first-order chi connectivity index (χ1) is 19.7. The summed E-state index contributed by atoms with van der Waals surface area (Å²) in [6.07, 6.45) is 2.51. The molecule has 2 aliphatic rings. The van der Waals surface area contributed by atoms with Crippen LogP contribution >= 0.6 is 0 Å². The number of nitrogens with one attached hydrogen (secondary N) is 3. The van der Waals surface area contributed by atoms with Crippen molar-refractivity contribution in [1.82, 2.24) is 15.2 Å². The summed E-state index contributed by atoms with van der Waals surface area (Å²) < 4.78 is 52.6. The third kappa shape index (κ3) is 9.00. The number of ether oxygens (including phenoxy) is 2. The number of piperazine rings is 1. The van der Waals surface area contributed by atoms with Gasteiger partial charge in [0.15, 0.2) is 11.5 Å². The van der Waals surface area contributed by atoms with Gasteiger partial charge in [-0.25, -0.2) is 0 Å². The van der Waals surface area contributed by atoms with Gasteiger partial charge in [-0.05, 0) is 56.3 Å². The highest BCUT2D eigenvalue weighted by Crippen LogP contribution is 2.38. The normalized spacial score (nSPS) is 15.8. The number of hydrogen-bond donors (Lipinski definition) is 4. The van der Waals surface area contributed by atoms with Crippen LogP contribution in [-0.2, 0) is 17.5 Å². The monoisotopic (exact) mass is 576 g/mol. The Bertz CT molecular complexity index is 1200. The van der Waals surface area contributed by atoms with Crippen molar-refractivity contribution in [2.24, 2.45) is 5.73 Å². The molecule has 12 heteroatoms. The number of benzene rings is 2. The molecule has 0 aromatic heterocycles. The first-order valence-corrected chi connectivity index (χ1v) is 14.0. The zero-order valence-corrected chi connectivity index (χ0v) is 23.4. The minimum Gasteiger partial charge on any atom is -0.454 e. The zero-order valence-electron chi connectivity index (χ0n) is 23.4. The van der Waals surface area contributed by atoms with E-state index in [1.54, 1.807) is 12.1 Å². The number of amides is 1.